The van der Waals surface area contributed by atoms with Crippen molar-refractivity contribution in [3.63, 3.8) is 0 Å². The lowest BCUT2D eigenvalue weighted by Crippen LogP contribution is -2.23. The van der Waals surface area contributed by atoms with Crippen molar-refractivity contribution in [1.29, 1.82) is 0 Å². The van der Waals surface area contributed by atoms with E-state index in [0.29, 0.717) is 26.0 Å². The maximum absolute atomic E-state index is 11.9. The van der Waals surface area contributed by atoms with Gasteiger partial charge in [0.15, 0.2) is 0 Å². The van der Waals surface area contributed by atoms with Crippen LogP contribution in [0.15, 0.2) is 60.7 Å². The number of carbonyl (C=O) groups excluding carboxylic acids is 1. The highest BCUT2D eigenvalue weighted by molar-refractivity contribution is 7.52. The van der Waals surface area contributed by atoms with E-state index in [9.17, 15) is 14.3 Å². The number of unbranched alkanes of at least 4 members (excludes halogenated alkanes) is 3. The lowest BCUT2D eigenvalue weighted by atomic mass is 10.2. The van der Waals surface area contributed by atoms with E-state index in [-0.39, 0.29) is 12.8 Å². The van der Waals surface area contributed by atoms with Gasteiger partial charge in [0.1, 0.15) is 13.2 Å². The highest BCUT2D eigenvalue weighted by Crippen LogP contribution is 2.43. The molecule has 1 N–H and O–H groups in total. The summed E-state index contributed by atoms with van der Waals surface area (Å²) in [6.07, 6.45) is 3.54. The van der Waals surface area contributed by atoms with Crippen molar-refractivity contribution in [2.45, 2.75) is 38.9 Å². The Morgan fingerprint density at radius 2 is 1.45 bits per heavy atom. The van der Waals surface area contributed by atoms with Gasteiger partial charge in [0.25, 0.3) is 0 Å². The molecule has 0 spiro atoms. The zero-order valence-electron chi connectivity index (χ0n) is 16.4. The fourth-order valence-electron chi connectivity index (χ4n) is 2.60. The highest BCUT2D eigenvalue weighted by Gasteiger charge is 2.20. The van der Waals surface area contributed by atoms with Crippen LogP contribution in [-0.4, -0.2) is 29.1 Å². The van der Waals surface area contributed by atoms with E-state index in [4.69, 9.17) is 14.4 Å². The van der Waals surface area contributed by atoms with E-state index in [2.05, 4.69) is 0 Å². The zero-order valence-corrected chi connectivity index (χ0v) is 17.3. The quantitative estimate of drug-likeness (QED) is 0.150. The summed E-state index contributed by atoms with van der Waals surface area (Å²) in [4.78, 5) is 31.2. The maximum Gasteiger partial charge on any atom is 0.355 e. The van der Waals surface area contributed by atoms with Crippen molar-refractivity contribution in [3.05, 3.63) is 71.8 Å². The molecule has 2 aromatic carbocycles. The Morgan fingerprint density at radius 1 is 0.862 bits per heavy atom. The summed E-state index contributed by atoms with van der Waals surface area (Å²) in [6, 6.07) is 18.9. The first kappa shape index (κ1) is 23.3. The lowest BCUT2D eigenvalue weighted by molar-refractivity contribution is -0.223. The third kappa shape index (κ3) is 10.4. The third-order valence-electron chi connectivity index (χ3n) is 4.16. The highest BCUT2D eigenvalue weighted by atomic mass is 31.2. The molecule has 0 aliphatic carbocycles. The van der Waals surface area contributed by atoms with Crippen LogP contribution in [0.2, 0.25) is 0 Å². The molecule has 29 heavy (non-hydrogen) atoms. The molecule has 1 atom stereocenters. The van der Waals surface area contributed by atoms with Crippen LogP contribution in [0.25, 0.3) is 0 Å². The number of hydroxylamine groups is 2. The van der Waals surface area contributed by atoms with Crippen LogP contribution in [-0.2, 0) is 37.0 Å². The summed E-state index contributed by atoms with van der Waals surface area (Å²) in [5.41, 5.74) is 1.86. The maximum atomic E-state index is 11.9. The van der Waals surface area contributed by atoms with Crippen LogP contribution in [0.1, 0.15) is 36.8 Å². The summed E-state index contributed by atoms with van der Waals surface area (Å²) in [5, 5.41) is 1.28. The van der Waals surface area contributed by atoms with Gasteiger partial charge in [-0.05, 0) is 24.0 Å². The minimum absolute atomic E-state index is 0.0314. The molecule has 158 valence electrons. The van der Waals surface area contributed by atoms with Gasteiger partial charge in [-0.1, -0.05) is 73.5 Å². The molecule has 2 rings (SSSR count). The van der Waals surface area contributed by atoms with Gasteiger partial charge in [-0.2, -0.15) is 0 Å². The molecular weight excluding hydrogens is 393 g/mol. The molecule has 0 heterocycles. The minimum Gasteiger partial charge on any atom is -0.323 e. The largest absolute Gasteiger partial charge is 0.355 e. The first-order valence-electron chi connectivity index (χ1n) is 9.65. The van der Waals surface area contributed by atoms with Gasteiger partial charge in [0, 0.05) is 6.54 Å². The fraction of sp³-hybridized carbons (Fsp3) is 0.381. The summed E-state index contributed by atoms with van der Waals surface area (Å²) in [6.45, 7) is 0.938. The van der Waals surface area contributed by atoms with Crippen molar-refractivity contribution in [2.75, 3.05) is 12.7 Å². The van der Waals surface area contributed by atoms with Crippen LogP contribution in [0.4, 0.5) is 0 Å². The van der Waals surface area contributed by atoms with Crippen LogP contribution >= 0.6 is 7.60 Å². The molecule has 0 saturated heterocycles. The number of benzene rings is 2. The summed E-state index contributed by atoms with van der Waals surface area (Å²) in [7, 11) is -3.76. The summed E-state index contributed by atoms with van der Waals surface area (Å²) >= 11 is 0. The number of hydrogen-bond acceptors (Lipinski definition) is 5. The first-order valence-corrected chi connectivity index (χ1v) is 11.4. The van der Waals surface area contributed by atoms with Gasteiger partial charge >= 0.3 is 7.60 Å². The van der Waals surface area contributed by atoms with Crippen molar-refractivity contribution in [1.82, 2.24) is 5.06 Å². The predicted molar refractivity (Wildman–Crippen MR) is 109 cm³/mol. The van der Waals surface area contributed by atoms with Gasteiger partial charge < -0.3 is 4.89 Å². The second-order valence-corrected chi connectivity index (χ2v) is 8.47. The standard InChI is InChI=1S/C21H28NO6P/c23-19-22(26-17-20-11-5-3-6-12-20)15-9-1-2-10-16-29(24,25)28-27-18-21-13-7-4-8-14-21/h3-8,11-14,19H,1-2,9-10,15-18H2,(H,24,25). The molecule has 0 saturated carbocycles. The number of carbonyl (C=O) groups is 1. The zero-order chi connectivity index (χ0) is 20.8. The molecule has 0 fully saturated rings. The van der Waals surface area contributed by atoms with E-state index in [1.807, 2.05) is 60.7 Å². The van der Waals surface area contributed by atoms with E-state index in [1.54, 1.807) is 0 Å². The van der Waals surface area contributed by atoms with Crippen molar-refractivity contribution < 1.29 is 28.7 Å². The number of rotatable bonds is 15. The van der Waals surface area contributed by atoms with Crippen LogP contribution < -0.4 is 0 Å². The Bertz CT molecular complexity index is 743. The Balaban J connectivity index is 1.52. The SMILES string of the molecule is O=CN(CCCCCCP(=O)(O)OOCc1ccccc1)OCc1ccccc1. The van der Waals surface area contributed by atoms with Gasteiger partial charge in [0.2, 0.25) is 6.41 Å². The molecule has 7 nitrogen and oxygen atoms in total. The van der Waals surface area contributed by atoms with Crippen molar-refractivity contribution >= 4 is 14.0 Å². The van der Waals surface area contributed by atoms with E-state index in [0.717, 1.165) is 30.4 Å². The van der Waals surface area contributed by atoms with E-state index < -0.39 is 7.60 Å². The number of amides is 1. The van der Waals surface area contributed by atoms with E-state index in [1.165, 1.54) is 5.06 Å². The Morgan fingerprint density at radius 3 is 2.07 bits per heavy atom. The molecule has 0 aliphatic rings. The Labute approximate surface area is 171 Å². The molecule has 0 aliphatic heterocycles. The van der Waals surface area contributed by atoms with Gasteiger partial charge in [-0.25, -0.2) is 9.95 Å². The predicted octanol–water partition coefficient (Wildman–Crippen LogP) is 4.47. The number of hydrogen-bond donors (Lipinski definition) is 1. The smallest absolute Gasteiger partial charge is 0.323 e. The van der Waals surface area contributed by atoms with Gasteiger partial charge in [-0.3, -0.25) is 14.2 Å². The average Bonchev–Trinajstić information content (AvgIpc) is 2.74. The summed E-state index contributed by atoms with van der Waals surface area (Å²) < 4.78 is 16.7. The molecule has 0 radical (unpaired) electrons. The normalized spacial score (nSPS) is 13.0. The van der Waals surface area contributed by atoms with E-state index >= 15 is 0 Å². The molecule has 2 aromatic rings. The lowest BCUT2D eigenvalue weighted by Gasteiger charge is -2.17. The number of nitrogens with zero attached hydrogens (tertiary/aromatic N) is 1. The summed E-state index contributed by atoms with van der Waals surface area (Å²) in [5.74, 6) is 0. The van der Waals surface area contributed by atoms with Crippen molar-refractivity contribution in [3.8, 4) is 0 Å². The molecule has 1 amide bonds. The van der Waals surface area contributed by atoms with Crippen LogP contribution in [0.5, 0.6) is 0 Å². The van der Waals surface area contributed by atoms with Gasteiger partial charge in [-0.15, -0.1) is 4.67 Å². The Kier molecular flexibility index (Phi) is 10.6. The molecule has 0 aromatic heterocycles. The molecule has 1 unspecified atom stereocenters. The molecule has 0 bridgehead atoms. The fourth-order valence-corrected chi connectivity index (χ4v) is 3.52. The monoisotopic (exact) mass is 421 g/mol. The molecular formula is C21H28NO6P. The van der Waals surface area contributed by atoms with Gasteiger partial charge in [0.05, 0.1) is 6.16 Å². The second-order valence-electron chi connectivity index (χ2n) is 6.60. The average molecular weight is 421 g/mol. The van der Waals surface area contributed by atoms with Crippen molar-refractivity contribution in [2.24, 2.45) is 0 Å². The molecule has 8 heteroatoms. The first-order chi connectivity index (χ1) is 14.1. The Hall–Kier alpha value is -2.02. The topological polar surface area (TPSA) is 85.3 Å². The second kappa shape index (κ2) is 13.2. The van der Waals surface area contributed by atoms with Crippen LogP contribution in [0, 0.1) is 0 Å². The minimum atomic E-state index is -3.76. The van der Waals surface area contributed by atoms with Crippen LogP contribution in [0.3, 0.4) is 0 Å². The third-order valence-corrected chi connectivity index (χ3v) is 5.38.